The van der Waals surface area contributed by atoms with Crippen molar-refractivity contribution in [2.24, 2.45) is 0 Å². The minimum Gasteiger partial charge on any atom is -0.457 e. The summed E-state index contributed by atoms with van der Waals surface area (Å²) in [6, 6.07) is 0. The van der Waals surface area contributed by atoms with Crippen molar-refractivity contribution < 1.29 is 19.4 Å². The van der Waals surface area contributed by atoms with E-state index in [4.69, 9.17) is 9.47 Å². The molecule has 0 spiro atoms. The molecule has 0 amide bonds. The van der Waals surface area contributed by atoms with Gasteiger partial charge in [-0.25, -0.2) is 0 Å². The molecule has 1 atom stereocenters. The van der Waals surface area contributed by atoms with Gasteiger partial charge in [0.1, 0.15) is 6.10 Å². The van der Waals surface area contributed by atoms with Gasteiger partial charge in [-0.2, -0.15) is 0 Å². The van der Waals surface area contributed by atoms with Crippen molar-refractivity contribution in [3.63, 3.8) is 0 Å². The fourth-order valence-electron chi connectivity index (χ4n) is 7.07. The van der Waals surface area contributed by atoms with Gasteiger partial charge in [-0.1, -0.05) is 227 Å². The van der Waals surface area contributed by atoms with Crippen molar-refractivity contribution in [3.05, 3.63) is 97.2 Å². The van der Waals surface area contributed by atoms with Crippen LogP contribution in [0.4, 0.5) is 0 Å². The van der Waals surface area contributed by atoms with Gasteiger partial charge in [0.25, 0.3) is 0 Å². The Morgan fingerprint density at radius 3 is 1.13 bits per heavy atom. The second-order valence-corrected chi connectivity index (χ2v) is 16.9. The van der Waals surface area contributed by atoms with Crippen molar-refractivity contribution >= 4 is 5.97 Å². The third kappa shape index (κ3) is 51.6. The summed E-state index contributed by atoms with van der Waals surface area (Å²) in [5.74, 6) is -0.212. The van der Waals surface area contributed by atoms with Gasteiger partial charge in [-0.05, 0) is 96.3 Å². The number of unbranched alkanes of at least 4 members (excludes halogenated alkanes) is 23. The van der Waals surface area contributed by atoms with Gasteiger partial charge in [0.15, 0.2) is 0 Å². The zero-order valence-electron chi connectivity index (χ0n) is 40.1. The van der Waals surface area contributed by atoms with Crippen LogP contribution in [0.3, 0.4) is 0 Å². The van der Waals surface area contributed by atoms with Crippen LogP contribution >= 0.6 is 0 Å². The molecule has 0 rings (SSSR count). The van der Waals surface area contributed by atoms with Gasteiger partial charge in [0.2, 0.25) is 0 Å². The highest BCUT2D eigenvalue weighted by atomic mass is 16.6. The van der Waals surface area contributed by atoms with E-state index in [1.54, 1.807) is 0 Å². The Morgan fingerprint density at radius 1 is 0.410 bits per heavy atom. The van der Waals surface area contributed by atoms with Crippen LogP contribution in [0.1, 0.15) is 232 Å². The number of ether oxygens (including phenoxy) is 2. The maximum absolute atomic E-state index is 12.3. The van der Waals surface area contributed by atoms with Crippen molar-refractivity contribution in [2.45, 2.75) is 238 Å². The molecule has 0 aliphatic rings. The molecule has 0 radical (unpaired) electrons. The molecule has 0 aliphatic carbocycles. The van der Waals surface area contributed by atoms with E-state index >= 15 is 0 Å². The summed E-state index contributed by atoms with van der Waals surface area (Å²) in [6.07, 6.45) is 76.4. The number of rotatable bonds is 47. The van der Waals surface area contributed by atoms with Gasteiger partial charge >= 0.3 is 5.97 Å². The van der Waals surface area contributed by atoms with Crippen molar-refractivity contribution in [3.8, 4) is 0 Å². The molecular formula is C57H98O4. The number of aliphatic hydroxyl groups is 1. The predicted molar refractivity (Wildman–Crippen MR) is 269 cm³/mol. The first kappa shape index (κ1) is 58.3. The van der Waals surface area contributed by atoms with Gasteiger partial charge in [0, 0.05) is 13.0 Å². The van der Waals surface area contributed by atoms with Gasteiger partial charge in [-0.15, -0.1) is 0 Å². The van der Waals surface area contributed by atoms with E-state index in [-0.39, 0.29) is 19.2 Å². The topological polar surface area (TPSA) is 55.8 Å². The molecule has 0 saturated heterocycles. The Hall–Kier alpha value is -2.69. The molecule has 4 heteroatoms. The molecule has 0 bridgehead atoms. The summed E-state index contributed by atoms with van der Waals surface area (Å²) in [7, 11) is 0. The smallest absolute Gasteiger partial charge is 0.306 e. The second-order valence-electron chi connectivity index (χ2n) is 16.9. The summed E-state index contributed by atoms with van der Waals surface area (Å²) in [6.45, 7) is 5.18. The lowest BCUT2D eigenvalue weighted by atomic mass is 10.0. The van der Waals surface area contributed by atoms with Crippen LogP contribution in [0.2, 0.25) is 0 Å². The van der Waals surface area contributed by atoms with E-state index in [0.717, 1.165) is 77.0 Å². The van der Waals surface area contributed by atoms with Crippen LogP contribution in [0.25, 0.3) is 0 Å². The van der Waals surface area contributed by atoms with E-state index in [1.807, 2.05) is 0 Å². The number of aliphatic hydroxyl groups excluding tert-OH is 1. The minimum absolute atomic E-state index is 0.187. The lowest BCUT2D eigenvalue weighted by molar-refractivity contribution is -0.154. The van der Waals surface area contributed by atoms with E-state index in [0.29, 0.717) is 13.0 Å². The Labute approximate surface area is 379 Å². The molecule has 0 aliphatic heterocycles. The zero-order chi connectivity index (χ0) is 44.0. The molecule has 1 unspecified atom stereocenters. The molecule has 0 aromatic heterocycles. The minimum atomic E-state index is -0.556. The molecule has 350 valence electrons. The van der Waals surface area contributed by atoms with Gasteiger partial charge < -0.3 is 14.6 Å². The zero-order valence-corrected chi connectivity index (χ0v) is 40.1. The maximum Gasteiger partial charge on any atom is 0.306 e. The number of hydrogen-bond donors (Lipinski definition) is 1. The van der Waals surface area contributed by atoms with Crippen LogP contribution < -0.4 is 0 Å². The van der Waals surface area contributed by atoms with Crippen molar-refractivity contribution in [2.75, 3.05) is 19.8 Å². The summed E-state index contributed by atoms with van der Waals surface area (Å²) in [5.41, 5.74) is 0. The van der Waals surface area contributed by atoms with Gasteiger partial charge in [0.05, 0.1) is 13.2 Å². The Kier molecular flexibility index (Phi) is 51.1. The predicted octanol–water partition coefficient (Wildman–Crippen LogP) is 17.7. The standard InChI is InChI=1S/C57H98O4/c1-3-5-7-9-11-13-15-17-19-21-23-25-27-28-29-31-33-35-37-39-41-43-45-47-49-51-53-60-55-56(54-58)61-57(59)52-50-48-46-44-42-40-38-36-34-32-30-26-24-22-20-18-16-14-12-10-8-6-4-2/h5,7,11,13,17,19,22-25,28-29,33,35,39,41,56,58H,3-4,6,8-10,12,14-16,18,20-21,26-27,30-32,34,36-38,40,42-55H2,1-2H3/b7-5-,13-11-,19-17-,24-22-,25-23-,29-28-,35-33-,41-39-. The maximum atomic E-state index is 12.3. The van der Waals surface area contributed by atoms with E-state index < -0.39 is 6.10 Å². The molecule has 0 heterocycles. The van der Waals surface area contributed by atoms with Crippen molar-refractivity contribution in [1.82, 2.24) is 0 Å². The molecule has 0 fully saturated rings. The van der Waals surface area contributed by atoms with Gasteiger partial charge in [-0.3, -0.25) is 4.79 Å². The average molecular weight is 847 g/mol. The van der Waals surface area contributed by atoms with E-state index in [2.05, 4.69) is 111 Å². The SMILES string of the molecule is CC/C=C\C/C=C\C/C=C\C/C=C\C/C=C\C/C=C\C/C=C\CCCCCCOCC(CO)OC(=O)CCCCCCCCCCCCC/C=C\CCCCCCCCCC. The molecule has 4 nitrogen and oxygen atoms in total. The van der Waals surface area contributed by atoms with Crippen LogP contribution in [0, 0.1) is 0 Å². The van der Waals surface area contributed by atoms with Crippen LogP contribution in [0.5, 0.6) is 0 Å². The lowest BCUT2D eigenvalue weighted by Gasteiger charge is -2.15. The fraction of sp³-hybridized carbons (Fsp3) is 0.702. The third-order valence-corrected chi connectivity index (χ3v) is 10.9. The Balaban J connectivity index is 3.51. The van der Waals surface area contributed by atoms with Crippen molar-refractivity contribution in [1.29, 1.82) is 0 Å². The fourth-order valence-corrected chi connectivity index (χ4v) is 7.07. The highest BCUT2D eigenvalue weighted by Gasteiger charge is 2.13. The van der Waals surface area contributed by atoms with Crippen LogP contribution in [-0.4, -0.2) is 37.0 Å². The molecule has 0 saturated carbocycles. The quantitative estimate of drug-likeness (QED) is 0.0377. The number of carbonyl (C=O) groups excluding carboxylic acids is 1. The molecule has 0 aromatic carbocycles. The Bertz CT molecular complexity index is 1120. The number of carbonyl (C=O) groups is 1. The summed E-state index contributed by atoms with van der Waals surface area (Å²) < 4.78 is 11.2. The molecular weight excluding hydrogens is 749 g/mol. The van der Waals surface area contributed by atoms with E-state index in [1.165, 1.54) is 135 Å². The lowest BCUT2D eigenvalue weighted by Crippen LogP contribution is -2.27. The number of hydrogen-bond acceptors (Lipinski definition) is 4. The van der Waals surface area contributed by atoms with Crippen LogP contribution in [0.15, 0.2) is 97.2 Å². The summed E-state index contributed by atoms with van der Waals surface area (Å²) in [4.78, 5) is 12.3. The summed E-state index contributed by atoms with van der Waals surface area (Å²) >= 11 is 0. The average Bonchev–Trinajstić information content (AvgIpc) is 3.27. The third-order valence-electron chi connectivity index (χ3n) is 10.9. The van der Waals surface area contributed by atoms with E-state index in [9.17, 15) is 9.90 Å². The summed E-state index contributed by atoms with van der Waals surface area (Å²) in [5, 5.41) is 9.65. The molecule has 1 N–H and O–H groups in total. The highest BCUT2D eigenvalue weighted by molar-refractivity contribution is 5.69. The first-order chi connectivity index (χ1) is 30.2. The first-order valence-corrected chi connectivity index (χ1v) is 25.8. The Morgan fingerprint density at radius 2 is 0.738 bits per heavy atom. The monoisotopic (exact) mass is 847 g/mol. The molecule has 0 aromatic rings. The number of allylic oxidation sites excluding steroid dienone is 16. The normalized spacial score (nSPS) is 13.2. The highest BCUT2D eigenvalue weighted by Crippen LogP contribution is 2.14. The largest absolute Gasteiger partial charge is 0.457 e. The second kappa shape index (κ2) is 53.4. The number of esters is 1. The van der Waals surface area contributed by atoms with Crippen LogP contribution in [-0.2, 0) is 14.3 Å². The molecule has 61 heavy (non-hydrogen) atoms. The first-order valence-electron chi connectivity index (χ1n) is 25.8.